The highest BCUT2D eigenvalue weighted by molar-refractivity contribution is 5.91. The van der Waals surface area contributed by atoms with Crippen LogP contribution < -0.4 is 16.0 Å². The number of amides is 2. The first-order valence-corrected chi connectivity index (χ1v) is 12.6. The first-order valence-electron chi connectivity index (χ1n) is 12.6. The normalized spacial score (nSPS) is 13.5. The van der Waals surface area contributed by atoms with Crippen LogP contribution in [-0.2, 0) is 22.3 Å². The number of rotatable bonds is 6. The highest BCUT2D eigenvalue weighted by Gasteiger charge is 2.23. The van der Waals surface area contributed by atoms with Gasteiger partial charge < -0.3 is 29.7 Å². The van der Waals surface area contributed by atoms with Crippen molar-refractivity contribution in [3.8, 4) is 0 Å². The molecule has 1 aliphatic rings. The molecule has 0 radical (unpaired) electrons. The molecule has 6 rings (SSSR count). The van der Waals surface area contributed by atoms with Crippen molar-refractivity contribution >= 4 is 40.2 Å². The van der Waals surface area contributed by atoms with Crippen LogP contribution in [0.15, 0.2) is 67.6 Å². The summed E-state index contributed by atoms with van der Waals surface area (Å²) in [5.41, 5.74) is 8.07. The Hall–Kier alpha value is -5.26. The third-order valence-corrected chi connectivity index (χ3v) is 6.62. The number of aromatic nitrogens is 5. The number of nitrogens with one attached hydrogen (secondary N) is 6. The molecule has 12 nitrogen and oxygen atoms in total. The van der Waals surface area contributed by atoms with Gasteiger partial charge in [-0.15, -0.1) is 0 Å². The van der Waals surface area contributed by atoms with E-state index < -0.39 is 12.2 Å². The second kappa shape index (κ2) is 12.1. The molecule has 2 aromatic carbocycles. The van der Waals surface area contributed by atoms with Gasteiger partial charge >= 0.3 is 12.2 Å². The lowest BCUT2D eigenvalue weighted by Crippen LogP contribution is -2.11. The number of imidazole rings is 2. The van der Waals surface area contributed by atoms with Crippen LogP contribution in [0, 0.1) is 0 Å². The summed E-state index contributed by atoms with van der Waals surface area (Å²) in [7, 11) is 2.69. The van der Waals surface area contributed by atoms with Gasteiger partial charge in [0.15, 0.2) is 0 Å². The standard InChI is InChI=1S/C14H16N4O2.C14H14N4O2/c2*1-20-14(19)18-10-2-3-13-12(5-10)9(6-16-13)4-11-7-15-8-17-11/h2-3,5,7-9,16H,4,6H2,1H3,(H,15,17)(H,18,19);2-3,5-8,16H,4H2,1H3,(H,15,17)(H,18,19). The number of anilines is 3. The molecule has 5 aromatic rings. The number of hydrogen-bond acceptors (Lipinski definition) is 7. The lowest BCUT2D eigenvalue weighted by Gasteiger charge is -2.10. The maximum atomic E-state index is 11.3. The number of H-pyrrole nitrogens is 3. The lowest BCUT2D eigenvalue weighted by molar-refractivity contribution is 0.186. The Labute approximate surface area is 229 Å². The van der Waals surface area contributed by atoms with Crippen LogP contribution in [0.5, 0.6) is 0 Å². The summed E-state index contributed by atoms with van der Waals surface area (Å²) in [6, 6.07) is 11.5. The van der Waals surface area contributed by atoms with Crippen molar-refractivity contribution in [1.29, 1.82) is 0 Å². The Bertz CT molecular complexity index is 1580. The summed E-state index contributed by atoms with van der Waals surface area (Å²) < 4.78 is 9.20. The summed E-state index contributed by atoms with van der Waals surface area (Å²) in [5, 5.41) is 9.80. The second-order valence-electron chi connectivity index (χ2n) is 9.22. The largest absolute Gasteiger partial charge is 0.453 e. The number of methoxy groups -OCH3 is 2. The smallest absolute Gasteiger partial charge is 0.411 e. The Morgan fingerprint density at radius 2 is 1.57 bits per heavy atom. The lowest BCUT2D eigenvalue weighted by atomic mass is 9.96. The zero-order valence-corrected chi connectivity index (χ0v) is 22.1. The number of nitrogens with zero attached hydrogens (tertiary/aromatic N) is 2. The molecule has 4 heterocycles. The van der Waals surface area contributed by atoms with Crippen LogP contribution in [0.2, 0.25) is 0 Å². The van der Waals surface area contributed by atoms with Gasteiger partial charge in [0.25, 0.3) is 0 Å². The summed E-state index contributed by atoms with van der Waals surface area (Å²) in [4.78, 5) is 40.0. The minimum Gasteiger partial charge on any atom is -0.453 e. The number of carbonyl (C=O) groups excluding carboxylic acids is 2. The molecule has 40 heavy (non-hydrogen) atoms. The second-order valence-corrected chi connectivity index (χ2v) is 9.22. The van der Waals surface area contributed by atoms with Gasteiger partial charge in [0.1, 0.15) is 0 Å². The van der Waals surface area contributed by atoms with E-state index in [0.717, 1.165) is 58.6 Å². The summed E-state index contributed by atoms with van der Waals surface area (Å²) in [5.74, 6) is 0.366. The number of hydrogen-bond donors (Lipinski definition) is 6. The number of carbonyl (C=O) groups is 2. The predicted octanol–water partition coefficient (Wildman–Crippen LogP) is 5.00. The molecule has 3 aromatic heterocycles. The third-order valence-electron chi connectivity index (χ3n) is 6.62. The molecule has 0 saturated heterocycles. The SMILES string of the molecule is COC(=O)Nc1ccc2[nH]cc(Cc3cnc[nH]3)c2c1.COC(=O)Nc1ccc2c(c1)C(Cc1cnc[nH]1)CN2. The van der Waals surface area contributed by atoms with Gasteiger partial charge in [-0.2, -0.15) is 0 Å². The van der Waals surface area contributed by atoms with E-state index in [0.29, 0.717) is 11.6 Å². The molecule has 1 atom stereocenters. The fourth-order valence-electron chi connectivity index (χ4n) is 4.65. The van der Waals surface area contributed by atoms with Crippen molar-refractivity contribution in [3.05, 3.63) is 90.2 Å². The Morgan fingerprint density at radius 3 is 2.25 bits per heavy atom. The quantitative estimate of drug-likeness (QED) is 0.176. The molecular formula is C28H30N8O4. The van der Waals surface area contributed by atoms with Gasteiger partial charge in [-0.1, -0.05) is 0 Å². The Kier molecular flexibility index (Phi) is 7.95. The molecule has 0 fully saturated rings. The van der Waals surface area contributed by atoms with E-state index in [1.807, 2.05) is 48.8 Å². The topological polar surface area (TPSA) is 162 Å². The van der Waals surface area contributed by atoms with Gasteiger partial charge in [0, 0.05) is 76.8 Å². The summed E-state index contributed by atoms with van der Waals surface area (Å²) in [6.45, 7) is 0.885. The van der Waals surface area contributed by atoms with Crippen molar-refractivity contribution < 1.29 is 19.1 Å². The fourth-order valence-corrected chi connectivity index (χ4v) is 4.65. The van der Waals surface area contributed by atoms with E-state index in [2.05, 4.69) is 50.3 Å². The molecular weight excluding hydrogens is 512 g/mol. The van der Waals surface area contributed by atoms with Gasteiger partial charge in [-0.3, -0.25) is 10.6 Å². The molecule has 0 saturated carbocycles. The van der Waals surface area contributed by atoms with Crippen molar-refractivity contribution in [2.75, 3.05) is 36.7 Å². The number of ether oxygens (including phenoxy) is 2. The fraction of sp³-hybridized carbons (Fsp3) is 0.214. The molecule has 12 heteroatoms. The van der Waals surface area contributed by atoms with E-state index in [1.165, 1.54) is 19.8 Å². The van der Waals surface area contributed by atoms with Crippen molar-refractivity contribution in [3.63, 3.8) is 0 Å². The maximum Gasteiger partial charge on any atom is 0.411 e. The predicted molar refractivity (Wildman–Crippen MR) is 152 cm³/mol. The third kappa shape index (κ3) is 6.23. The molecule has 0 aliphatic carbocycles. The first-order chi connectivity index (χ1) is 19.5. The number of benzene rings is 2. The monoisotopic (exact) mass is 542 g/mol. The van der Waals surface area contributed by atoms with E-state index in [9.17, 15) is 9.59 Å². The van der Waals surface area contributed by atoms with Crippen molar-refractivity contribution in [2.24, 2.45) is 0 Å². The minimum atomic E-state index is -0.477. The highest BCUT2D eigenvalue weighted by atomic mass is 16.5. The molecule has 206 valence electrons. The Balaban J connectivity index is 0.000000161. The molecule has 1 aliphatic heterocycles. The molecule has 2 amide bonds. The molecule has 6 N–H and O–H groups in total. The average Bonchev–Trinajstić information content (AvgIpc) is 3.79. The van der Waals surface area contributed by atoms with Gasteiger partial charge in [0.2, 0.25) is 0 Å². The van der Waals surface area contributed by atoms with Crippen LogP contribution >= 0.6 is 0 Å². The van der Waals surface area contributed by atoms with E-state index >= 15 is 0 Å². The van der Waals surface area contributed by atoms with Gasteiger partial charge in [0.05, 0.1) is 26.9 Å². The minimum absolute atomic E-state index is 0.366. The van der Waals surface area contributed by atoms with Crippen LogP contribution in [0.4, 0.5) is 26.7 Å². The van der Waals surface area contributed by atoms with Gasteiger partial charge in [-0.25, -0.2) is 19.6 Å². The Morgan fingerprint density at radius 1 is 0.900 bits per heavy atom. The van der Waals surface area contributed by atoms with Crippen LogP contribution in [0.25, 0.3) is 10.9 Å². The molecule has 0 bridgehead atoms. The van der Waals surface area contributed by atoms with E-state index in [4.69, 9.17) is 0 Å². The zero-order chi connectivity index (χ0) is 27.9. The summed E-state index contributed by atoms with van der Waals surface area (Å²) >= 11 is 0. The number of aromatic amines is 3. The zero-order valence-electron chi connectivity index (χ0n) is 22.1. The maximum absolute atomic E-state index is 11.3. The van der Waals surface area contributed by atoms with E-state index in [-0.39, 0.29) is 0 Å². The van der Waals surface area contributed by atoms with Crippen LogP contribution in [0.1, 0.15) is 28.4 Å². The van der Waals surface area contributed by atoms with Gasteiger partial charge in [-0.05, 0) is 53.9 Å². The highest BCUT2D eigenvalue weighted by Crippen LogP contribution is 2.35. The van der Waals surface area contributed by atoms with Crippen LogP contribution in [0.3, 0.4) is 0 Å². The molecule has 0 spiro atoms. The summed E-state index contributed by atoms with van der Waals surface area (Å²) in [6.07, 6.45) is 9.67. The van der Waals surface area contributed by atoms with Crippen molar-refractivity contribution in [1.82, 2.24) is 24.9 Å². The number of fused-ring (bicyclic) bond motifs is 2. The van der Waals surface area contributed by atoms with Crippen LogP contribution in [-0.4, -0.2) is 57.9 Å². The van der Waals surface area contributed by atoms with E-state index in [1.54, 1.807) is 18.9 Å². The first kappa shape index (κ1) is 26.4. The average molecular weight is 543 g/mol. The van der Waals surface area contributed by atoms with Crippen molar-refractivity contribution in [2.45, 2.75) is 18.8 Å². The molecule has 1 unspecified atom stereocenters.